The molecule has 2 aliphatic rings. The first kappa shape index (κ1) is 12.3. The lowest BCUT2D eigenvalue weighted by Gasteiger charge is -2.22. The fraction of sp³-hybridized carbons (Fsp3) is 0.818. The van der Waals surface area contributed by atoms with Crippen LogP contribution in [0.15, 0.2) is 11.8 Å². The largest absolute Gasteiger partial charge is 0.528 e. The molecule has 2 rings (SSSR count). The van der Waals surface area contributed by atoms with Crippen LogP contribution in [-0.2, 0) is 18.0 Å². The number of epoxide rings is 1. The van der Waals surface area contributed by atoms with Crippen LogP contribution in [0.25, 0.3) is 0 Å². The highest BCUT2D eigenvalue weighted by molar-refractivity contribution is 6.66. The fourth-order valence-electron chi connectivity index (χ4n) is 2.32. The van der Waals surface area contributed by atoms with Crippen LogP contribution in [0.3, 0.4) is 0 Å². The van der Waals surface area contributed by atoms with E-state index in [1.807, 2.05) is 5.70 Å². The Morgan fingerprint density at radius 1 is 1.06 bits per heavy atom. The van der Waals surface area contributed by atoms with E-state index in [0.29, 0.717) is 18.1 Å². The maximum atomic E-state index is 5.50. The summed E-state index contributed by atoms with van der Waals surface area (Å²) in [6, 6.07) is 0. The number of hydrogen-bond donors (Lipinski definition) is 0. The summed E-state index contributed by atoms with van der Waals surface area (Å²) in [5, 5.41) is 0. The number of rotatable bonds is 5. The SMILES string of the molecule is CO[Si](C=CC1CCC2OC2C1)(OC)OC. The predicted octanol–water partition coefficient (Wildman–Crippen LogP) is 1.53. The standard InChI is InChI=1S/C11H20O4Si/c1-12-16(13-2,14-3)7-6-9-4-5-10-11(8-9)15-10/h6-7,9-11H,4-5,8H2,1-3H3. The van der Waals surface area contributed by atoms with E-state index in [-0.39, 0.29) is 0 Å². The van der Waals surface area contributed by atoms with Gasteiger partial charge in [0.2, 0.25) is 0 Å². The molecule has 1 saturated heterocycles. The van der Waals surface area contributed by atoms with Crippen molar-refractivity contribution in [1.82, 2.24) is 0 Å². The minimum Gasteiger partial charge on any atom is -0.374 e. The van der Waals surface area contributed by atoms with E-state index >= 15 is 0 Å². The molecule has 16 heavy (non-hydrogen) atoms. The first-order valence-electron chi connectivity index (χ1n) is 5.73. The van der Waals surface area contributed by atoms with Gasteiger partial charge in [-0.05, 0) is 30.9 Å². The van der Waals surface area contributed by atoms with Crippen LogP contribution in [0.1, 0.15) is 19.3 Å². The minimum absolute atomic E-state index is 0.507. The second-order valence-electron chi connectivity index (χ2n) is 4.36. The number of hydrogen-bond acceptors (Lipinski definition) is 4. The molecule has 0 bridgehead atoms. The van der Waals surface area contributed by atoms with Crippen molar-refractivity contribution >= 4 is 8.80 Å². The third kappa shape index (κ3) is 2.54. The molecule has 5 heteroatoms. The van der Waals surface area contributed by atoms with Gasteiger partial charge in [0, 0.05) is 21.3 Å². The molecule has 1 saturated carbocycles. The Hall–Kier alpha value is -0.203. The highest BCUT2D eigenvalue weighted by atomic mass is 28.4. The van der Waals surface area contributed by atoms with Gasteiger partial charge >= 0.3 is 8.80 Å². The first-order valence-corrected chi connectivity index (χ1v) is 7.53. The molecule has 3 unspecified atom stereocenters. The third-order valence-corrected chi connectivity index (χ3v) is 5.78. The van der Waals surface area contributed by atoms with Gasteiger partial charge < -0.3 is 18.0 Å². The van der Waals surface area contributed by atoms with Crippen molar-refractivity contribution < 1.29 is 18.0 Å². The lowest BCUT2D eigenvalue weighted by atomic mass is 9.90. The van der Waals surface area contributed by atoms with Gasteiger partial charge in [0.1, 0.15) is 0 Å². The summed E-state index contributed by atoms with van der Waals surface area (Å²) >= 11 is 0. The van der Waals surface area contributed by atoms with Gasteiger partial charge in [-0.15, -0.1) is 0 Å². The minimum atomic E-state index is -2.53. The molecule has 0 aromatic carbocycles. The molecule has 0 amide bonds. The van der Waals surface area contributed by atoms with Crippen molar-refractivity contribution in [2.45, 2.75) is 31.5 Å². The van der Waals surface area contributed by atoms with Gasteiger partial charge in [-0.2, -0.15) is 0 Å². The Morgan fingerprint density at radius 2 is 1.75 bits per heavy atom. The van der Waals surface area contributed by atoms with E-state index in [4.69, 9.17) is 18.0 Å². The molecule has 0 aromatic heterocycles. The highest BCUT2D eigenvalue weighted by Crippen LogP contribution is 2.39. The van der Waals surface area contributed by atoms with E-state index in [2.05, 4.69) is 6.08 Å². The fourth-order valence-corrected chi connectivity index (χ4v) is 3.73. The third-order valence-electron chi connectivity index (χ3n) is 3.47. The molecule has 0 spiro atoms. The summed E-state index contributed by atoms with van der Waals surface area (Å²) in [5.74, 6) is 0.580. The summed E-state index contributed by atoms with van der Waals surface area (Å²) < 4.78 is 21.5. The Bertz CT molecular complexity index is 256. The smallest absolute Gasteiger partial charge is 0.374 e. The van der Waals surface area contributed by atoms with Gasteiger partial charge in [0.25, 0.3) is 0 Å². The van der Waals surface area contributed by atoms with Crippen molar-refractivity contribution in [3.05, 3.63) is 11.8 Å². The summed E-state index contributed by atoms with van der Waals surface area (Å²) in [5.41, 5.74) is 1.99. The molecular formula is C11H20O4Si. The molecule has 1 aliphatic carbocycles. The van der Waals surface area contributed by atoms with Crippen LogP contribution in [0.4, 0.5) is 0 Å². The normalized spacial score (nSPS) is 34.1. The van der Waals surface area contributed by atoms with Crippen LogP contribution in [0.2, 0.25) is 0 Å². The van der Waals surface area contributed by atoms with Gasteiger partial charge in [-0.1, -0.05) is 6.08 Å². The first-order chi connectivity index (χ1) is 7.73. The zero-order chi connectivity index (χ0) is 11.6. The maximum absolute atomic E-state index is 5.50. The average Bonchev–Trinajstić information content (AvgIpc) is 3.10. The lowest BCUT2D eigenvalue weighted by Crippen LogP contribution is -2.41. The Balaban J connectivity index is 1.90. The van der Waals surface area contributed by atoms with Crippen molar-refractivity contribution in [3.8, 4) is 0 Å². The second-order valence-corrected chi connectivity index (χ2v) is 7.13. The van der Waals surface area contributed by atoms with Gasteiger partial charge in [-0.3, -0.25) is 0 Å². The van der Waals surface area contributed by atoms with E-state index in [0.717, 1.165) is 6.42 Å². The van der Waals surface area contributed by atoms with Crippen LogP contribution in [-0.4, -0.2) is 42.3 Å². The van der Waals surface area contributed by atoms with Gasteiger partial charge in [0.15, 0.2) is 0 Å². The Labute approximate surface area is 97.9 Å². The molecule has 1 heterocycles. The van der Waals surface area contributed by atoms with E-state index in [9.17, 15) is 0 Å². The Kier molecular flexibility index (Phi) is 3.81. The molecule has 4 nitrogen and oxygen atoms in total. The van der Waals surface area contributed by atoms with Crippen molar-refractivity contribution in [3.63, 3.8) is 0 Å². The van der Waals surface area contributed by atoms with Crippen molar-refractivity contribution in [2.75, 3.05) is 21.3 Å². The van der Waals surface area contributed by atoms with Gasteiger partial charge in [0.05, 0.1) is 12.2 Å². The molecule has 0 N–H and O–H groups in total. The molecule has 0 radical (unpaired) electrons. The monoisotopic (exact) mass is 244 g/mol. The topological polar surface area (TPSA) is 40.2 Å². The molecule has 0 aromatic rings. The molecule has 1 aliphatic heterocycles. The van der Waals surface area contributed by atoms with Crippen LogP contribution < -0.4 is 0 Å². The molecule has 92 valence electrons. The highest BCUT2D eigenvalue weighted by Gasteiger charge is 2.43. The summed E-state index contributed by atoms with van der Waals surface area (Å²) in [7, 11) is 2.36. The van der Waals surface area contributed by atoms with E-state index in [1.54, 1.807) is 21.3 Å². The maximum Gasteiger partial charge on any atom is 0.528 e. The van der Waals surface area contributed by atoms with Crippen molar-refractivity contribution in [2.24, 2.45) is 5.92 Å². The van der Waals surface area contributed by atoms with E-state index in [1.165, 1.54) is 12.8 Å². The number of ether oxygens (including phenoxy) is 1. The average molecular weight is 244 g/mol. The summed E-state index contributed by atoms with van der Waals surface area (Å²) in [6.07, 6.45) is 6.75. The summed E-state index contributed by atoms with van der Waals surface area (Å²) in [6.45, 7) is 0. The van der Waals surface area contributed by atoms with Crippen LogP contribution in [0.5, 0.6) is 0 Å². The van der Waals surface area contributed by atoms with Crippen molar-refractivity contribution in [1.29, 1.82) is 0 Å². The van der Waals surface area contributed by atoms with Crippen LogP contribution in [0, 0.1) is 5.92 Å². The quantitative estimate of drug-likeness (QED) is 0.543. The Morgan fingerprint density at radius 3 is 2.31 bits per heavy atom. The van der Waals surface area contributed by atoms with E-state index < -0.39 is 8.80 Å². The zero-order valence-electron chi connectivity index (χ0n) is 10.1. The molecular weight excluding hydrogens is 224 g/mol. The predicted molar refractivity (Wildman–Crippen MR) is 61.9 cm³/mol. The lowest BCUT2D eigenvalue weighted by molar-refractivity contribution is 0.138. The molecule has 3 atom stereocenters. The molecule has 2 fully saturated rings. The summed E-state index contributed by atoms with van der Waals surface area (Å²) in [4.78, 5) is 0. The van der Waals surface area contributed by atoms with Gasteiger partial charge in [-0.25, -0.2) is 0 Å². The second kappa shape index (κ2) is 4.97. The van der Waals surface area contributed by atoms with Crippen LogP contribution >= 0.6 is 0 Å². The number of fused-ring (bicyclic) bond motifs is 1. The zero-order valence-corrected chi connectivity index (χ0v) is 11.1. The number of allylic oxidation sites excluding steroid dienone is 1.